The molecule has 0 aromatic carbocycles. The van der Waals surface area contributed by atoms with E-state index >= 15 is 0 Å². The Bertz CT molecular complexity index is 1060. The first kappa shape index (κ1) is 20.7. The molecule has 0 fully saturated rings. The van der Waals surface area contributed by atoms with Crippen LogP contribution in [0.4, 0.5) is 5.95 Å². The fraction of sp³-hybridized carbons (Fsp3) is 0.476. The van der Waals surface area contributed by atoms with Crippen LogP contribution in [0.3, 0.4) is 0 Å². The third kappa shape index (κ3) is 4.21. The minimum atomic E-state index is -0.279. The van der Waals surface area contributed by atoms with E-state index in [2.05, 4.69) is 60.5 Å². The van der Waals surface area contributed by atoms with Gasteiger partial charge in [0, 0.05) is 17.1 Å². The Hall–Kier alpha value is -3.03. The number of anilines is 1. The first-order valence-corrected chi connectivity index (χ1v) is 9.76. The lowest BCUT2D eigenvalue weighted by Crippen LogP contribution is -2.31. The summed E-state index contributed by atoms with van der Waals surface area (Å²) in [6, 6.07) is 3.71. The van der Waals surface area contributed by atoms with Crippen molar-refractivity contribution in [1.29, 1.82) is 0 Å². The predicted octanol–water partition coefficient (Wildman–Crippen LogP) is 3.78. The van der Waals surface area contributed by atoms with Crippen LogP contribution in [0.25, 0.3) is 11.0 Å². The van der Waals surface area contributed by atoms with Crippen molar-refractivity contribution >= 4 is 22.9 Å². The molecule has 1 amide bonds. The summed E-state index contributed by atoms with van der Waals surface area (Å²) in [6.45, 7) is 16.0. The second-order valence-corrected chi connectivity index (χ2v) is 8.67. The first-order valence-electron chi connectivity index (χ1n) is 9.76. The Morgan fingerprint density at radius 3 is 2.21 bits per heavy atom. The lowest BCUT2D eigenvalue weighted by atomic mass is 10.0. The molecule has 0 radical (unpaired) electrons. The van der Waals surface area contributed by atoms with E-state index in [0.717, 1.165) is 28.2 Å². The van der Waals surface area contributed by atoms with Crippen LogP contribution in [0.1, 0.15) is 73.7 Å². The van der Waals surface area contributed by atoms with Gasteiger partial charge in [0.25, 0.3) is 5.91 Å². The van der Waals surface area contributed by atoms with Gasteiger partial charge in [-0.3, -0.25) is 15.6 Å². The highest BCUT2D eigenvalue weighted by Gasteiger charge is 2.25. The molecule has 0 bridgehead atoms. The molecular weight excluding hydrogens is 366 g/mol. The molecule has 0 atom stereocenters. The Morgan fingerprint density at radius 2 is 1.66 bits per heavy atom. The van der Waals surface area contributed by atoms with Crippen LogP contribution in [-0.4, -0.2) is 30.6 Å². The number of nitrogens with zero attached hydrogens (tertiary/aromatic N) is 5. The molecule has 8 nitrogen and oxygen atoms in total. The molecule has 3 aromatic rings. The van der Waals surface area contributed by atoms with Gasteiger partial charge in [0.05, 0.1) is 22.2 Å². The predicted molar refractivity (Wildman–Crippen MR) is 114 cm³/mol. The Labute approximate surface area is 171 Å². The van der Waals surface area contributed by atoms with Gasteiger partial charge in [-0.05, 0) is 59.6 Å². The fourth-order valence-corrected chi connectivity index (χ4v) is 3.21. The first-order chi connectivity index (χ1) is 13.5. The SMILES string of the molecule is Cc1cc(C)nc(NNC(=O)c2cc(C(C)C)nc3c2c(C)nn3C(C)(C)C)n1. The summed E-state index contributed by atoms with van der Waals surface area (Å²) in [5.41, 5.74) is 9.80. The van der Waals surface area contributed by atoms with E-state index in [1.807, 2.05) is 37.6 Å². The summed E-state index contributed by atoms with van der Waals surface area (Å²) >= 11 is 0. The molecule has 0 saturated carbocycles. The van der Waals surface area contributed by atoms with Gasteiger partial charge in [0.15, 0.2) is 5.65 Å². The zero-order chi connectivity index (χ0) is 21.5. The Balaban J connectivity index is 2.05. The number of carbonyl (C=O) groups is 1. The van der Waals surface area contributed by atoms with E-state index in [1.54, 1.807) is 0 Å². The monoisotopic (exact) mass is 395 g/mol. The zero-order valence-electron chi connectivity index (χ0n) is 18.4. The number of hydrazine groups is 1. The van der Waals surface area contributed by atoms with Crippen LogP contribution in [0.2, 0.25) is 0 Å². The topological polar surface area (TPSA) is 97.6 Å². The minimum Gasteiger partial charge on any atom is -0.267 e. The van der Waals surface area contributed by atoms with Crippen molar-refractivity contribution in [3.8, 4) is 0 Å². The van der Waals surface area contributed by atoms with Gasteiger partial charge < -0.3 is 0 Å². The second kappa shape index (κ2) is 7.42. The molecule has 3 heterocycles. The summed E-state index contributed by atoms with van der Waals surface area (Å²) in [5, 5.41) is 5.43. The lowest BCUT2D eigenvalue weighted by molar-refractivity contribution is 0.0963. The number of amides is 1. The molecule has 0 spiro atoms. The van der Waals surface area contributed by atoms with Crippen LogP contribution in [0, 0.1) is 20.8 Å². The maximum absolute atomic E-state index is 13.1. The van der Waals surface area contributed by atoms with E-state index in [4.69, 9.17) is 4.98 Å². The van der Waals surface area contributed by atoms with E-state index in [9.17, 15) is 4.79 Å². The maximum atomic E-state index is 13.1. The van der Waals surface area contributed by atoms with Crippen molar-refractivity contribution in [2.24, 2.45) is 0 Å². The number of nitrogens with one attached hydrogen (secondary N) is 2. The van der Waals surface area contributed by atoms with Crippen LogP contribution >= 0.6 is 0 Å². The van der Waals surface area contributed by atoms with Crippen molar-refractivity contribution in [2.45, 2.75) is 66.8 Å². The molecule has 2 N–H and O–H groups in total. The summed E-state index contributed by atoms with van der Waals surface area (Å²) in [5.74, 6) is 0.247. The van der Waals surface area contributed by atoms with Crippen molar-refractivity contribution in [3.05, 3.63) is 40.5 Å². The molecule has 8 heteroatoms. The van der Waals surface area contributed by atoms with Gasteiger partial charge >= 0.3 is 0 Å². The molecular formula is C21H29N7O. The normalized spacial score (nSPS) is 11.9. The minimum absolute atomic E-state index is 0.172. The van der Waals surface area contributed by atoms with Gasteiger partial charge in [0.2, 0.25) is 5.95 Å². The van der Waals surface area contributed by atoms with E-state index in [0.29, 0.717) is 17.2 Å². The number of hydrogen-bond donors (Lipinski definition) is 2. The molecule has 0 unspecified atom stereocenters. The van der Waals surface area contributed by atoms with Gasteiger partial charge in [-0.25, -0.2) is 19.6 Å². The summed E-state index contributed by atoms with van der Waals surface area (Å²) in [6.07, 6.45) is 0. The fourth-order valence-electron chi connectivity index (χ4n) is 3.21. The van der Waals surface area contributed by atoms with Gasteiger partial charge in [-0.2, -0.15) is 5.10 Å². The molecule has 0 aliphatic heterocycles. The summed E-state index contributed by atoms with van der Waals surface area (Å²) < 4.78 is 1.89. The molecule has 0 aliphatic rings. The summed E-state index contributed by atoms with van der Waals surface area (Å²) in [4.78, 5) is 26.5. The third-order valence-corrected chi connectivity index (χ3v) is 4.57. The Morgan fingerprint density at radius 1 is 1.03 bits per heavy atom. The molecule has 154 valence electrons. The van der Waals surface area contributed by atoms with Crippen LogP contribution in [-0.2, 0) is 5.54 Å². The highest BCUT2D eigenvalue weighted by molar-refractivity contribution is 6.07. The van der Waals surface area contributed by atoms with Crippen molar-refractivity contribution in [3.63, 3.8) is 0 Å². The van der Waals surface area contributed by atoms with Gasteiger partial charge in [-0.15, -0.1) is 0 Å². The molecule has 0 saturated heterocycles. The highest BCUT2D eigenvalue weighted by atomic mass is 16.2. The van der Waals surface area contributed by atoms with Crippen LogP contribution in [0.15, 0.2) is 12.1 Å². The largest absolute Gasteiger partial charge is 0.270 e. The average molecular weight is 396 g/mol. The van der Waals surface area contributed by atoms with Crippen molar-refractivity contribution in [1.82, 2.24) is 30.2 Å². The van der Waals surface area contributed by atoms with Crippen molar-refractivity contribution in [2.75, 3.05) is 5.43 Å². The second-order valence-electron chi connectivity index (χ2n) is 8.67. The third-order valence-electron chi connectivity index (χ3n) is 4.57. The van der Waals surface area contributed by atoms with Gasteiger partial charge in [-0.1, -0.05) is 13.8 Å². The Kier molecular flexibility index (Phi) is 5.30. The number of rotatable bonds is 4. The smallest absolute Gasteiger partial charge is 0.267 e. The molecule has 0 aliphatic carbocycles. The zero-order valence-corrected chi connectivity index (χ0v) is 18.4. The van der Waals surface area contributed by atoms with Crippen molar-refractivity contribution < 1.29 is 4.79 Å². The summed E-state index contributed by atoms with van der Waals surface area (Å²) in [7, 11) is 0. The number of pyridine rings is 1. The average Bonchev–Trinajstić information content (AvgIpc) is 2.95. The molecule has 3 aromatic heterocycles. The van der Waals surface area contributed by atoms with Crippen LogP contribution in [0.5, 0.6) is 0 Å². The van der Waals surface area contributed by atoms with E-state index < -0.39 is 0 Å². The number of fused-ring (bicyclic) bond motifs is 1. The number of aryl methyl sites for hydroxylation is 3. The van der Waals surface area contributed by atoms with E-state index in [-0.39, 0.29) is 17.4 Å². The lowest BCUT2D eigenvalue weighted by Gasteiger charge is -2.20. The standard InChI is InChI=1S/C21H29N7O/c1-11(2)16-10-15(17-14(5)27-28(18(17)24-16)21(6,7)8)19(29)25-26-20-22-12(3)9-13(4)23-20/h9-11H,1-8H3,(H,25,29)(H,22,23,26). The maximum Gasteiger partial charge on any atom is 0.270 e. The van der Waals surface area contributed by atoms with Gasteiger partial charge in [0.1, 0.15) is 0 Å². The number of hydrogen-bond acceptors (Lipinski definition) is 6. The molecule has 3 rings (SSSR count). The van der Waals surface area contributed by atoms with Crippen LogP contribution < -0.4 is 10.9 Å². The number of carbonyl (C=O) groups excluding carboxylic acids is 1. The van der Waals surface area contributed by atoms with E-state index in [1.165, 1.54) is 0 Å². The number of aromatic nitrogens is 5. The molecule has 29 heavy (non-hydrogen) atoms. The quantitative estimate of drug-likeness (QED) is 0.653. The highest BCUT2D eigenvalue weighted by Crippen LogP contribution is 2.28.